The van der Waals surface area contributed by atoms with Gasteiger partial charge in [0.25, 0.3) is 11.8 Å². The minimum Gasteiger partial charge on any atom is -0.478 e. The predicted octanol–water partition coefficient (Wildman–Crippen LogP) is 0.258. The third-order valence-electron chi connectivity index (χ3n) is 5.46. The van der Waals surface area contributed by atoms with Crippen LogP contribution in [-0.4, -0.2) is 69.0 Å². The van der Waals surface area contributed by atoms with Gasteiger partial charge >= 0.3 is 5.97 Å². The molecule has 12 heteroatoms. The van der Waals surface area contributed by atoms with Crippen LogP contribution in [0.4, 0.5) is 10.1 Å². The van der Waals surface area contributed by atoms with Crippen molar-refractivity contribution >= 4 is 35.3 Å². The van der Waals surface area contributed by atoms with E-state index < -0.39 is 41.5 Å². The second kappa shape index (κ2) is 7.87. The summed E-state index contributed by atoms with van der Waals surface area (Å²) in [6.07, 6.45) is 2.54. The minimum atomic E-state index is -1.13. The van der Waals surface area contributed by atoms with Crippen LogP contribution in [0, 0.1) is 5.82 Å². The highest BCUT2D eigenvalue weighted by Gasteiger charge is 2.45. The second-order valence-corrected chi connectivity index (χ2v) is 7.52. The minimum absolute atomic E-state index is 0.00752. The highest BCUT2D eigenvalue weighted by molar-refractivity contribution is 6.23. The maximum Gasteiger partial charge on any atom is 0.338 e. The van der Waals surface area contributed by atoms with E-state index in [1.165, 1.54) is 28.0 Å². The molecule has 1 saturated heterocycles. The van der Waals surface area contributed by atoms with Crippen LogP contribution < -0.4 is 10.2 Å². The van der Waals surface area contributed by atoms with E-state index in [1.807, 2.05) is 0 Å². The molecule has 1 unspecified atom stereocenters. The molecular formula is C20H18FN5O6. The molecule has 1 fully saturated rings. The summed E-state index contributed by atoms with van der Waals surface area (Å²) in [4.78, 5) is 62.3. The average Bonchev–Trinajstić information content (AvgIpc) is 3.30. The fourth-order valence-electron chi connectivity index (χ4n) is 3.74. The summed E-state index contributed by atoms with van der Waals surface area (Å²) in [6, 6.07) is 1.08. The van der Waals surface area contributed by atoms with Crippen LogP contribution >= 0.6 is 0 Å². The van der Waals surface area contributed by atoms with Gasteiger partial charge in [0.15, 0.2) is 0 Å². The molecule has 2 aromatic rings. The zero-order chi connectivity index (χ0) is 23.2. The molecule has 2 aliphatic rings. The number of nitrogens with zero attached hydrogens (tertiary/aromatic N) is 4. The first-order valence-electron chi connectivity index (χ1n) is 9.69. The van der Waals surface area contributed by atoms with E-state index in [2.05, 4.69) is 10.4 Å². The van der Waals surface area contributed by atoms with E-state index in [9.17, 15) is 28.4 Å². The number of carboxylic acids is 1. The summed E-state index contributed by atoms with van der Waals surface area (Å²) >= 11 is 0. The molecule has 32 heavy (non-hydrogen) atoms. The summed E-state index contributed by atoms with van der Waals surface area (Å²) in [5.74, 6) is -4.58. The zero-order valence-corrected chi connectivity index (χ0v) is 16.9. The molecule has 4 amide bonds. The first kappa shape index (κ1) is 21.2. The number of likely N-dealkylation sites (N-methyl/N-ethyl adjacent to an activating group) is 1. The molecule has 4 rings (SSSR count). The van der Waals surface area contributed by atoms with Crippen LogP contribution in [0.3, 0.4) is 0 Å². The lowest BCUT2D eigenvalue weighted by molar-refractivity contribution is -0.136. The number of halogens is 1. The molecule has 0 bridgehead atoms. The van der Waals surface area contributed by atoms with Crippen molar-refractivity contribution in [2.45, 2.75) is 25.4 Å². The van der Waals surface area contributed by atoms with Crippen LogP contribution in [0.1, 0.15) is 43.9 Å². The van der Waals surface area contributed by atoms with E-state index in [0.29, 0.717) is 0 Å². The summed E-state index contributed by atoms with van der Waals surface area (Å²) in [5, 5.41) is 15.0. The molecule has 11 nitrogen and oxygen atoms in total. The molecule has 0 saturated carbocycles. The zero-order valence-electron chi connectivity index (χ0n) is 16.9. The van der Waals surface area contributed by atoms with Crippen LogP contribution in [0.5, 0.6) is 0 Å². The average molecular weight is 443 g/mol. The molecule has 166 valence electrons. The van der Waals surface area contributed by atoms with Crippen molar-refractivity contribution < 1.29 is 33.5 Å². The highest BCUT2D eigenvalue weighted by atomic mass is 19.1. The van der Waals surface area contributed by atoms with Crippen molar-refractivity contribution in [3.05, 3.63) is 47.0 Å². The van der Waals surface area contributed by atoms with Crippen LogP contribution in [-0.2, 0) is 16.1 Å². The summed E-state index contributed by atoms with van der Waals surface area (Å²) < 4.78 is 16.2. The van der Waals surface area contributed by atoms with Crippen molar-refractivity contribution in [2.75, 3.05) is 18.5 Å². The first-order chi connectivity index (χ1) is 15.2. The van der Waals surface area contributed by atoms with E-state index in [4.69, 9.17) is 5.11 Å². The topological polar surface area (TPSA) is 142 Å². The van der Waals surface area contributed by atoms with Crippen LogP contribution in [0.25, 0.3) is 0 Å². The molecule has 1 aromatic heterocycles. The predicted molar refractivity (Wildman–Crippen MR) is 106 cm³/mol. The molecule has 3 heterocycles. The Morgan fingerprint density at radius 2 is 1.94 bits per heavy atom. The maximum absolute atomic E-state index is 14.8. The number of rotatable bonds is 6. The van der Waals surface area contributed by atoms with Gasteiger partial charge in [-0.1, -0.05) is 0 Å². The molecule has 2 aliphatic heterocycles. The molecule has 0 spiro atoms. The smallest absolute Gasteiger partial charge is 0.338 e. The normalized spacial score (nSPS) is 18.1. The fourth-order valence-corrected chi connectivity index (χ4v) is 3.74. The Hall–Kier alpha value is -4.09. The number of hydrogen-bond donors (Lipinski definition) is 2. The van der Waals surface area contributed by atoms with Gasteiger partial charge in [0.1, 0.15) is 11.9 Å². The highest BCUT2D eigenvalue weighted by Crippen LogP contribution is 2.32. The van der Waals surface area contributed by atoms with E-state index in [0.717, 1.165) is 11.0 Å². The Kier molecular flexibility index (Phi) is 5.20. The number of carboxylic acid groups (broad SMARTS) is 1. The van der Waals surface area contributed by atoms with E-state index in [1.54, 1.807) is 7.05 Å². The van der Waals surface area contributed by atoms with Gasteiger partial charge in [-0.2, -0.15) is 5.10 Å². The number of aromatic nitrogens is 2. The Bertz CT molecular complexity index is 1180. The van der Waals surface area contributed by atoms with Gasteiger partial charge in [0, 0.05) is 26.2 Å². The van der Waals surface area contributed by atoms with Gasteiger partial charge in [0.2, 0.25) is 11.8 Å². The van der Waals surface area contributed by atoms with Gasteiger partial charge in [0.05, 0.1) is 35.1 Å². The largest absolute Gasteiger partial charge is 0.478 e. The van der Waals surface area contributed by atoms with Gasteiger partial charge in [-0.15, -0.1) is 0 Å². The Morgan fingerprint density at radius 3 is 2.56 bits per heavy atom. The van der Waals surface area contributed by atoms with Crippen molar-refractivity contribution in [3.8, 4) is 0 Å². The number of fused-ring (bicyclic) bond motifs is 1. The van der Waals surface area contributed by atoms with Gasteiger partial charge in [-0.05, 0) is 18.6 Å². The van der Waals surface area contributed by atoms with E-state index in [-0.39, 0.29) is 48.3 Å². The number of benzene rings is 1. The van der Waals surface area contributed by atoms with Gasteiger partial charge in [-0.3, -0.25) is 34.1 Å². The number of nitrogens with one attached hydrogen (secondary N) is 1. The quantitative estimate of drug-likeness (QED) is 0.606. The lowest BCUT2D eigenvalue weighted by Gasteiger charge is -2.27. The Morgan fingerprint density at radius 1 is 1.25 bits per heavy atom. The number of imide groups is 2. The Balaban J connectivity index is 1.54. The maximum atomic E-state index is 14.8. The fraction of sp³-hybridized carbons (Fsp3) is 0.300. The van der Waals surface area contributed by atoms with Crippen molar-refractivity contribution in [2.24, 2.45) is 0 Å². The number of amides is 4. The monoisotopic (exact) mass is 443 g/mol. The second-order valence-electron chi connectivity index (χ2n) is 7.52. The number of carbonyl (C=O) groups is 5. The molecule has 2 N–H and O–H groups in total. The lowest BCUT2D eigenvalue weighted by Crippen LogP contribution is -2.54. The number of carbonyl (C=O) groups excluding carboxylic acids is 4. The van der Waals surface area contributed by atoms with Crippen molar-refractivity contribution in [3.63, 3.8) is 0 Å². The summed E-state index contributed by atoms with van der Waals surface area (Å²) in [5.41, 5.74) is -0.0996. The standard InChI is InChI=1S/C20H18FN5O6/c1-24(4-5-25-9-10(8-22-25)20(31)32)15-7-12-11(6-13(15)21)18(29)26(19(12)30)14-2-3-16(27)23-17(14)28/h6-9,14H,2-5H2,1H3,(H,31,32)(H,23,27,28). The number of hydrogen-bond acceptors (Lipinski definition) is 7. The molecule has 1 aromatic carbocycles. The van der Waals surface area contributed by atoms with Gasteiger partial charge < -0.3 is 10.0 Å². The molecule has 1 atom stereocenters. The Labute approximate surface area is 180 Å². The third kappa shape index (κ3) is 3.59. The summed E-state index contributed by atoms with van der Waals surface area (Å²) in [6.45, 7) is 0.477. The van der Waals surface area contributed by atoms with Crippen LogP contribution in [0.15, 0.2) is 24.5 Å². The molecular weight excluding hydrogens is 425 g/mol. The molecule has 0 aliphatic carbocycles. The lowest BCUT2D eigenvalue weighted by atomic mass is 10.0. The third-order valence-corrected chi connectivity index (χ3v) is 5.46. The SMILES string of the molecule is CN(CCn1cc(C(=O)O)cn1)c1cc2c(cc1F)C(=O)N(C1CCC(=O)NC1=O)C2=O. The first-order valence-corrected chi connectivity index (χ1v) is 9.69. The van der Waals surface area contributed by atoms with Gasteiger partial charge in [-0.25, -0.2) is 9.18 Å². The van der Waals surface area contributed by atoms with Crippen molar-refractivity contribution in [1.82, 2.24) is 20.0 Å². The summed E-state index contributed by atoms with van der Waals surface area (Å²) in [7, 11) is 1.58. The van der Waals surface area contributed by atoms with E-state index >= 15 is 0 Å². The molecule has 0 radical (unpaired) electrons. The van der Waals surface area contributed by atoms with Crippen molar-refractivity contribution in [1.29, 1.82) is 0 Å². The number of anilines is 1. The van der Waals surface area contributed by atoms with Crippen LogP contribution in [0.2, 0.25) is 0 Å². The number of aromatic carboxylic acids is 1. The number of piperidine rings is 1.